The quantitative estimate of drug-likeness (QED) is 0.816. The highest BCUT2D eigenvalue weighted by Crippen LogP contribution is 2.35. The molecule has 5 heteroatoms. The molecule has 24 heavy (non-hydrogen) atoms. The highest BCUT2D eigenvalue weighted by atomic mass is 32.2. The lowest BCUT2D eigenvalue weighted by molar-refractivity contribution is -0.120. The van der Waals surface area contributed by atoms with Crippen molar-refractivity contribution >= 4 is 17.7 Å². The molecule has 0 aromatic heterocycles. The van der Waals surface area contributed by atoms with Gasteiger partial charge in [0.1, 0.15) is 0 Å². The molecule has 3 rings (SSSR count). The van der Waals surface area contributed by atoms with Crippen molar-refractivity contribution in [3.8, 4) is 11.5 Å². The fraction of sp³-hybridized carbons (Fsp3) is 0.632. The molecule has 1 aliphatic carbocycles. The average molecular weight is 349 g/mol. The number of rotatable bonds is 5. The smallest absolute Gasteiger partial charge is 0.233 e. The van der Waals surface area contributed by atoms with Crippen LogP contribution in [0.5, 0.6) is 11.5 Å². The van der Waals surface area contributed by atoms with Gasteiger partial charge in [-0.1, -0.05) is 19.3 Å². The predicted molar refractivity (Wildman–Crippen MR) is 97.0 cm³/mol. The van der Waals surface area contributed by atoms with Crippen LogP contribution in [0, 0.1) is 5.92 Å². The SMILES string of the molecule is CC(Sc1ccc2c(c1)OCCCO2)C(=O)NCC1CCCCC1. The fourth-order valence-corrected chi connectivity index (χ4v) is 4.17. The zero-order chi connectivity index (χ0) is 16.8. The Hall–Kier alpha value is -1.36. The molecule has 1 aromatic carbocycles. The number of amides is 1. The third kappa shape index (κ3) is 4.82. The minimum absolute atomic E-state index is 0.113. The van der Waals surface area contributed by atoms with Gasteiger partial charge >= 0.3 is 0 Å². The topological polar surface area (TPSA) is 47.6 Å². The molecule has 1 heterocycles. The summed E-state index contributed by atoms with van der Waals surface area (Å²) in [5.41, 5.74) is 0. The van der Waals surface area contributed by atoms with Crippen LogP contribution in [0.15, 0.2) is 23.1 Å². The van der Waals surface area contributed by atoms with Crippen LogP contribution in [0.1, 0.15) is 45.4 Å². The summed E-state index contributed by atoms with van der Waals surface area (Å²) in [6.45, 7) is 4.16. The first-order chi connectivity index (χ1) is 11.7. The van der Waals surface area contributed by atoms with Crippen LogP contribution >= 0.6 is 11.8 Å². The van der Waals surface area contributed by atoms with Crippen LogP contribution < -0.4 is 14.8 Å². The standard InChI is InChI=1S/C19H27NO3S/c1-14(19(21)20-13-15-6-3-2-4-7-15)24-16-8-9-17-18(12-16)23-11-5-10-22-17/h8-9,12,14-15H,2-7,10-11,13H2,1H3,(H,20,21). The van der Waals surface area contributed by atoms with E-state index in [2.05, 4.69) is 5.32 Å². The molecule has 1 aliphatic heterocycles. The zero-order valence-electron chi connectivity index (χ0n) is 14.4. The third-order valence-electron chi connectivity index (χ3n) is 4.69. The summed E-state index contributed by atoms with van der Waals surface area (Å²) in [5.74, 6) is 2.37. The maximum atomic E-state index is 12.3. The molecule has 0 bridgehead atoms. The van der Waals surface area contributed by atoms with E-state index < -0.39 is 0 Å². The summed E-state index contributed by atoms with van der Waals surface area (Å²) < 4.78 is 11.4. The van der Waals surface area contributed by atoms with Crippen molar-refractivity contribution in [1.82, 2.24) is 5.32 Å². The number of hydrogen-bond acceptors (Lipinski definition) is 4. The van der Waals surface area contributed by atoms with E-state index in [4.69, 9.17) is 9.47 Å². The number of nitrogens with one attached hydrogen (secondary N) is 1. The van der Waals surface area contributed by atoms with Crippen molar-refractivity contribution < 1.29 is 14.3 Å². The van der Waals surface area contributed by atoms with Crippen LogP contribution in [-0.4, -0.2) is 30.9 Å². The molecule has 0 radical (unpaired) electrons. The first kappa shape index (κ1) is 17.5. The van der Waals surface area contributed by atoms with E-state index in [1.165, 1.54) is 32.1 Å². The second-order valence-electron chi connectivity index (χ2n) is 6.67. The van der Waals surface area contributed by atoms with E-state index in [-0.39, 0.29) is 11.2 Å². The summed E-state index contributed by atoms with van der Waals surface area (Å²) in [6, 6.07) is 5.93. The molecule has 1 amide bonds. The maximum absolute atomic E-state index is 12.3. The van der Waals surface area contributed by atoms with Gasteiger partial charge in [-0.25, -0.2) is 0 Å². The lowest BCUT2D eigenvalue weighted by Crippen LogP contribution is -2.35. The molecule has 1 saturated carbocycles. The van der Waals surface area contributed by atoms with Crippen molar-refractivity contribution in [2.75, 3.05) is 19.8 Å². The van der Waals surface area contributed by atoms with Gasteiger partial charge in [0.15, 0.2) is 11.5 Å². The van der Waals surface area contributed by atoms with Crippen LogP contribution in [0.4, 0.5) is 0 Å². The van der Waals surface area contributed by atoms with Crippen molar-refractivity contribution in [2.45, 2.75) is 55.6 Å². The van der Waals surface area contributed by atoms with Crippen LogP contribution in [0.25, 0.3) is 0 Å². The van der Waals surface area contributed by atoms with Gasteiger partial charge < -0.3 is 14.8 Å². The molecule has 2 aliphatic rings. The van der Waals surface area contributed by atoms with Gasteiger partial charge in [0.2, 0.25) is 5.91 Å². The van der Waals surface area contributed by atoms with Crippen LogP contribution in [0.2, 0.25) is 0 Å². The predicted octanol–water partition coefficient (Wildman–Crippen LogP) is 4.03. The Balaban J connectivity index is 1.51. The van der Waals surface area contributed by atoms with Gasteiger partial charge in [-0.2, -0.15) is 0 Å². The third-order valence-corrected chi connectivity index (χ3v) is 5.78. The van der Waals surface area contributed by atoms with E-state index in [1.54, 1.807) is 11.8 Å². The fourth-order valence-electron chi connectivity index (χ4n) is 3.25. The highest BCUT2D eigenvalue weighted by Gasteiger charge is 2.19. The number of carbonyl (C=O) groups is 1. The Bertz CT molecular complexity index is 558. The van der Waals surface area contributed by atoms with Crippen molar-refractivity contribution in [3.63, 3.8) is 0 Å². The zero-order valence-corrected chi connectivity index (χ0v) is 15.2. The van der Waals surface area contributed by atoms with E-state index >= 15 is 0 Å². The Morgan fingerprint density at radius 3 is 2.71 bits per heavy atom. The van der Waals surface area contributed by atoms with Gasteiger partial charge in [-0.15, -0.1) is 11.8 Å². The monoisotopic (exact) mass is 349 g/mol. The normalized spacial score (nSPS) is 19.4. The first-order valence-corrected chi connectivity index (χ1v) is 9.94. The number of hydrogen-bond donors (Lipinski definition) is 1. The molecule has 1 aromatic rings. The van der Waals surface area contributed by atoms with E-state index in [9.17, 15) is 4.79 Å². The lowest BCUT2D eigenvalue weighted by atomic mass is 9.89. The van der Waals surface area contributed by atoms with Crippen molar-refractivity contribution in [2.24, 2.45) is 5.92 Å². The highest BCUT2D eigenvalue weighted by molar-refractivity contribution is 8.00. The van der Waals surface area contributed by atoms with E-state index in [0.29, 0.717) is 19.1 Å². The second kappa shape index (κ2) is 8.65. The Morgan fingerprint density at radius 1 is 1.17 bits per heavy atom. The Kier molecular flexibility index (Phi) is 6.30. The molecular weight excluding hydrogens is 322 g/mol. The van der Waals surface area contributed by atoms with E-state index in [1.807, 2.05) is 25.1 Å². The first-order valence-electron chi connectivity index (χ1n) is 9.06. The molecule has 0 saturated heterocycles. The molecule has 1 fully saturated rings. The van der Waals surface area contributed by atoms with Crippen LogP contribution in [0.3, 0.4) is 0 Å². The molecular formula is C19H27NO3S. The second-order valence-corrected chi connectivity index (χ2v) is 8.08. The van der Waals surface area contributed by atoms with Gasteiger partial charge in [0, 0.05) is 17.9 Å². The Labute approximate surface area is 148 Å². The minimum atomic E-state index is -0.113. The van der Waals surface area contributed by atoms with Crippen molar-refractivity contribution in [3.05, 3.63) is 18.2 Å². The average Bonchev–Trinajstić information content (AvgIpc) is 2.85. The summed E-state index contributed by atoms with van der Waals surface area (Å²) in [4.78, 5) is 13.4. The lowest BCUT2D eigenvalue weighted by Gasteiger charge is -2.22. The number of benzene rings is 1. The number of ether oxygens (including phenoxy) is 2. The summed E-state index contributed by atoms with van der Waals surface area (Å²) >= 11 is 1.57. The molecule has 4 nitrogen and oxygen atoms in total. The number of carbonyl (C=O) groups excluding carboxylic acids is 1. The maximum Gasteiger partial charge on any atom is 0.233 e. The van der Waals surface area contributed by atoms with Crippen LogP contribution in [-0.2, 0) is 4.79 Å². The largest absolute Gasteiger partial charge is 0.490 e. The van der Waals surface area contributed by atoms with Gasteiger partial charge in [-0.05, 0) is 43.9 Å². The van der Waals surface area contributed by atoms with Gasteiger partial charge in [0.05, 0.1) is 18.5 Å². The van der Waals surface area contributed by atoms with Crippen molar-refractivity contribution in [1.29, 1.82) is 0 Å². The van der Waals surface area contributed by atoms with E-state index in [0.717, 1.165) is 29.4 Å². The minimum Gasteiger partial charge on any atom is -0.490 e. The number of fused-ring (bicyclic) bond motifs is 1. The molecule has 1 unspecified atom stereocenters. The summed E-state index contributed by atoms with van der Waals surface area (Å²) in [5, 5.41) is 3.02. The summed E-state index contributed by atoms with van der Waals surface area (Å²) in [7, 11) is 0. The summed E-state index contributed by atoms with van der Waals surface area (Å²) in [6.07, 6.45) is 7.37. The molecule has 0 spiro atoms. The molecule has 1 atom stereocenters. The van der Waals surface area contributed by atoms with Gasteiger partial charge in [0.25, 0.3) is 0 Å². The Morgan fingerprint density at radius 2 is 1.92 bits per heavy atom. The number of thioether (sulfide) groups is 1. The van der Waals surface area contributed by atoms with Gasteiger partial charge in [-0.3, -0.25) is 4.79 Å². The molecule has 1 N–H and O–H groups in total. The molecule has 132 valence electrons.